The minimum Gasteiger partial charge on any atom is -0.292 e. The van der Waals surface area contributed by atoms with Crippen molar-refractivity contribution in [3.05, 3.63) is 44.9 Å². The average Bonchev–Trinajstić information content (AvgIpc) is 2.77. The van der Waals surface area contributed by atoms with E-state index in [9.17, 15) is 4.79 Å². The summed E-state index contributed by atoms with van der Waals surface area (Å²) in [5.41, 5.74) is 1.20. The van der Waals surface area contributed by atoms with E-state index >= 15 is 0 Å². The van der Waals surface area contributed by atoms with Gasteiger partial charge >= 0.3 is 0 Å². The molecular weight excluding hydrogens is 267 g/mol. The Kier molecular flexibility index (Phi) is 3.53. The number of carbonyl (C=O) groups is 1. The summed E-state index contributed by atoms with van der Waals surface area (Å²) in [6.07, 6.45) is 0.252. The summed E-state index contributed by atoms with van der Waals surface area (Å²) in [6.45, 7) is 0. The second-order valence-corrected chi connectivity index (χ2v) is 4.56. The summed E-state index contributed by atoms with van der Waals surface area (Å²) in [5, 5.41) is 6.26. The zero-order valence-corrected chi connectivity index (χ0v) is 10.3. The van der Waals surface area contributed by atoms with Gasteiger partial charge in [-0.15, -0.1) is 5.10 Å². The largest absolute Gasteiger partial charge is 0.292 e. The molecule has 0 saturated heterocycles. The number of aromatic nitrogens is 2. The van der Waals surface area contributed by atoms with Gasteiger partial charge in [-0.1, -0.05) is 33.8 Å². The van der Waals surface area contributed by atoms with Crippen LogP contribution in [0.1, 0.15) is 16.1 Å². The van der Waals surface area contributed by atoms with Crippen LogP contribution in [0.15, 0.2) is 23.6 Å². The van der Waals surface area contributed by atoms with Crippen molar-refractivity contribution in [1.29, 1.82) is 0 Å². The molecule has 0 aliphatic heterocycles. The molecule has 0 atom stereocenters. The first-order valence-electron chi connectivity index (χ1n) is 4.41. The van der Waals surface area contributed by atoms with Gasteiger partial charge in [0.25, 0.3) is 0 Å². The summed E-state index contributed by atoms with van der Waals surface area (Å²) in [4.78, 5) is 11.7. The van der Waals surface area contributed by atoms with Crippen LogP contribution in [0.25, 0.3) is 0 Å². The molecule has 0 bridgehead atoms. The summed E-state index contributed by atoms with van der Waals surface area (Å²) in [6, 6.07) is 5.12. The van der Waals surface area contributed by atoms with Crippen molar-refractivity contribution in [3.8, 4) is 0 Å². The maximum absolute atomic E-state index is 11.7. The number of Topliss-reactive ketones (excluding diaryl/α,β-unsaturated/α-hetero) is 1. The Bertz CT molecular complexity index is 514. The highest BCUT2D eigenvalue weighted by molar-refractivity contribution is 7.03. The third-order valence-corrected chi connectivity index (χ3v) is 3.24. The lowest BCUT2D eigenvalue weighted by Gasteiger charge is -2.00. The van der Waals surface area contributed by atoms with E-state index in [0.717, 1.165) is 17.1 Å². The summed E-state index contributed by atoms with van der Waals surface area (Å²) in [7, 11) is 0. The topological polar surface area (TPSA) is 42.9 Å². The molecule has 0 fully saturated rings. The monoisotopic (exact) mass is 272 g/mol. The number of hydrogen-bond donors (Lipinski definition) is 0. The van der Waals surface area contributed by atoms with E-state index < -0.39 is 0 Å². The number of halogens is 2. The van der Waals surface area contributed by atoms with Gasteiger partial charge in [-0.05, 0) is 29.2 Å². The highest BCUT2D eigenvalue weighted by Crippen LogP contribution is 2.23. The van der Waals surface area contributed by atoms with Crippen molar-refractivity contribution in [2.45, 2.75) is 6.42 Å². The van der Waals surface area contributed by atoms with Gasteiger partial charge in [-0.25, -0.2) is 0 Å². The average molecular weight is 273 g/mol. The van der Waals surface area contributed by atoms with E-state index in [1.807, 2.05) is 0 Å². The van der Waals surface area contributed by atoms with Crippen molar-refractivity contribution >= 4 is 40.5 Å². The first-order chi connectivity index (χ1) is 7.66. The van der Waals surface area contributed by atoms with Crippen LogP contribution in [0.2, 0.25) is 10.0 Å². The molecule has 0 N–H and O–H groups in total. The van der Waals surface area contributed by atoms with E-state index in [1.54, 1.807) is 23.6 Å². The lowest BCUT2D eigenvalue weighted by atomic mass is 10.1. The third kappa shape index (κ3) is 2.58. The minimum absolute atomic E-state index is 0.0767. The predicted octanol–water partition coefficient (Wildman–Crippen LogP) is 3.27. The highest BCUT2D eigenvalue weighted by atomic mass is 35.5. The molecule has 0 aliphatic rings. The van der Waals surface area contributed by atoms with Crippen molar-refractivity contribution in [2.75, 3.05) is 0 Å². The number of ketones is 1. The van der Waals surface area contributed by atoms with E-state index in [-0.39, 0.29) is 12.2 Å². The molecule has 2 aromatic rings. The molecule has 0 saturated carbocycles. The van der Waals surface area contributed by atoms with Gasteiger partial charge in [0.1, 0.15) is 5.69 Å². The molecule has 2 rings (SSSR count). The zero-order valence-electron chi connectivity index (χ0n) is 7.98. The van der Waals surface area contributed by atoms with Crippen molar-refractivity contribution in [2.24, 2.45) is 0 Å². The molecule has 0 unspecified atom stereocenters. The fraction of sp³-hybridized carbons (Fsp3) is 0.100. The molecule has 16 heavy (non-hydrogen) atoms. The number of nitrogens with zero attached hydrogens (tertiary/aromatic N) is 2. The van der Waals surface area contributed by atoms with Crippen LogP contribution in [0.3, 0.4) is 0 Å². The van der Waals surface area contributed by atoms with Crippen LogP contribution in [-0.2, 0) is 6.42 Å². The predicted molar refractivity (Wildman–Crippen MR) is 64.4 cm³/mol. The van der Waals surface area contributed by atoms with Crippen molar-refractivity contribution in [1.82, 2.24) is 9.59 Å². The van der Waals surface area contributed by atoms with Crippen LogP contribution in [-0.4, -0.2) is 15.4 Å². The Morgan fingerprint density at radius 2 is 2.12 bits per heavy atom. The smallest absolute Gasteiger partial charge is 0.188 e. The third-order valence-electron chi connectivity index (χ3n) is 1.99. The molecule has 1 heterocycles. The molecule has 1 aromatic carbocycles. The van der Waals surface area contributed by atoms with Gasteiger partial charge in [0.2, 0.25) is 0 Å². The van der Waals surface area contributed by atoms with Crippen molar-refractivity contribution in [3.63, 3.8) is 0 Å². The van der Waals surface area contributed by atoms with Crippen LogP contribution in [0.5, 0.6) is 0 Å². The van der Waals surface area contributed by atoms with Gasteiger partial charge in [-0.3, -0.25) is 4.79 Å². The quantitative estimate of drug-likeness (QED) is 0.806. The standard InChI is InChI=1S/C10H6Cl2N2OS/c11-7-2-1-6(3-8(7)12)4-10(15)9-5-16-14-13-9/h1-3,5H,4H2. The normalized spacial score (nSPS) is 10.4. The summed E-state index contributed by atoms with van der Waals surface area (Å²) >= 11 is 12.8. The van der Waals surface area contributed by atoms with Crippen LogP contribution in [0.4, 0.5) is 0 Å². The van der Waals surface area contributed by atoms with Crippen LogP contribution < -0.4 is 0 Å². The van der Waals surface area contributed by atoms with E-state index in [2.05, 4.69) is 9.59 Å². The molecule has 0 radical (unpaired) electrons. The number of rotatable bonds is 3. The molecular formula is C10H6Cl2N2OS. The van der Waals surface area contributed by atoms with E-state index in [0.29, 0.717) is 15.7 Å². The molecule has 6 heteroatoms. The SMILES string of the molecule is O=C(Cc1ccc(Cl)c(Cl)c1)c1csnn1. The molecule has 0 spiro atoms. The number of benzene rings is 1. The minimum atomic E-state index is -0.0767. The second-order valence-electron chi connectivity index (χ2n) is 3.14. The first-order valence-corrected chi connectivity index (χ1v) is 6.00. The maximum Gasteiger partial charge on any atom is 0.188 e. The lowest BCUT2D eigenvalue weighted by molar-refractivity contribution is 0.0988. The Morgan fingerprint density at radius 1 is 1.31 bits per heavy atom. The van der Waals surface area contributed by atoms with Gasteiger partial charge in [0.15, 0.2) is 5.78 Å². The Labute approximate surface area is 106 Å². The molecule has 0 aliphatic carbocycles. The highest BCUT2D eigenvalue weighted by Gasteiger charge is 2.10. The van der Waals surface area contributed by atoms with Gasteiger partial charge in [0, 0.05) is 11.8 Å². The Morgan fingerprint density at radius 3 is 2.75 bits per heavy atom. The fourth-order valence-electron chi connectivity index (χ4n) is 1.21. The lowest BCUT2D eigenvalue weighted by Crippen LogP contribution is -2.04. The molecule has 0 amide bonds. The second kappa shape index (κ2) is 4.91. The Hall–Kier alpha value is -0.970. The Balaban J connectivity index is 2.15. The first kappa shape index (κ1) is 11.5. The van der Waals surface area contributed by atoms with Crippen LogP contribution in [0, 0.1) is 0 Å². The summed E-state index contributed by atoms with van der Waals surface area (Å²) in [5.74, 6) is -0.0767. The van der Waals surface area contributed by atoms with E-state index in [1.165, 1.54) is 0 Å². The van der Waals surface area contributed by atoms with Crippen molar-refractivity contribution < 1.29 is 4.79 Å². The summed E-state index contributed by atoms with van der Waals surface area (Å²) < 4.78 is 3.64. The fourth-order valence-corrected chi connectivity index (χ4v) is 1.99. The van der Waals surface area contributed by atoms with E-state index in [4.69, 9.17) is 23.2 Å². The number of carbonyl (C=O) groups excluding carboxylic acids is 1. The zero-order chi connectivity index (χ0) is 11.5. The molecule has 1 aromatic heterocycles. The van der Waals surface area contributed by atoms with Gasteiger partial charge in [-0.2, -0.15) is 0 Å². The van der Waals surface area contributed by atoms with Gasteiger partial charge in [0.05, 0.1) is 10.0 Å². The maximum atomic E-state index is 11.7. The van der Waals surface area contributed by atoms with Gasteiger partial charge < -0.3 is 0 Å². The molecule has 82 valence electrons. The van der Waals surface area contributed by atoms with Crippen LogP contribution >= 0.6 is 34.7 Å². The number of hydrogen-bond acceptors (Lipinski definition) is 4. The molecule has 3 nitrogen and oxygen atoms in total.